The molecule has 0 aliphatic heterocycles. The van der Waals surface area contributed by atoms with E-state index in [2.05, 4.69) is 4.98 Å². The van der Waals surface area contributed by atoms with Gasteiger partial charge in [-0.05, 0) is 18.2 Å². The lowest BCUT2D eigenvalue weighted by atomic mass is 10.1. The van der Waals surface area contributed by atoms with Crippen LogP contribution >= 0.6 is 0 Å². The number of hydrogen-bond donors (Lipinski definition) is 1. The molecule has 0 amide bonds. The minimum atomic E-state index is -0.136. The van der Waals surface area contributed by atoms with E-state index in [-0.39, 0.29) is 5.56 Å². The van der Waals surface area contributed by atoms with Crippen LogP contribution in [-0.4, -0.2) is 19.2 Å². The Hall–Kier alpha value is -2.23. The Labute approximate surface area is 98.8 Å². The predicted octanol–water partition coefficient (Wildman–Crippen LogP) is 2.06. The van der Waals surface area contributed by atoms with Gasteiger partial charge < -0.3 is 14.5 Å². The highest BCUT2D eigenvalue weighted by Gasteiger charge is 2.11. The summed E-state index contributed by atoms with van der Waals surface area (Å²) in [5.41, 5.74) is 1.54. The lowest BCUT2D eigenvalue weighted by Gasteiger charge is -2.12. The Morgan fingerprint density at radius 1 is 1.00 bits per heavy atom. The number of pyridine rings is 1. The molecule has 1 aromatic heterocycles. The standard InChI is InChI=1S/C13H13NO3/c1-16-10-4-3-5-11(17-2)13(10)9-6-7-12(15)14-8-9/h3-8H,1-2H3,(H,14,15). The van der Waals surface area contributed by atoms with Crippen LogP contribution in [0.4, 0.5) is 0 Å². The van der Waals surface area contributed by atoms with Gasteiger partial charge in [-0.1, -0.05) is 6.07 Å². The maximum atomic E-state index is 11.0. The molecule has 0 aliphatic carbocycles. The number of benzene rings is 1. The number of H-pyrrole nitrogens is 1. The quantitative estimate of drug-likeness (QED) is 0.879. The molecule has 17 heavy (non-hydrogen) atoms. The molecule has 0 aliphatic rings. The van der Waals surface area contributed by atoms with Gasteiger partial charge >= 0.3 is 0 Å². The van der Waals surface area contributed by atoms with Crippen LogP contribution in [0.25, 0.3) is 11.1 Å². The van der Waals surface area contributed by atoms with Crippen LogP contribution in [0.15, 0.2) is 41.3 Å². The van der Waals surface area contributed by atoms with E-state index in [4.69, 9.17) is 9.47 Å². The van der Waals surface area contributed by atoms with Gasteiger partial charge in [-0.15, -0.1) is 0 Å². The van der Waals surface area contributed by atoms with E-state index < -0.39 is 0 Å². The first-order valence-corrected chi connectivity index (χ1v) is 5.16. The Bertz CT molecular complexity index is 532. The van der Waals surface area contributed by atoms with Crippen molar-refractivity contribution in [3.63, 3.8) is 0 Å². The summed E-state index contributed by atoms with van der Waals surface area (Å²) in [5, 5.41) is 0. The van der Waals surface area contributed by atoms with Crippen LogP contribution in [0.5, 0.6) is 11.5 Å². The first-order chi connectivity index (χ1) is 8.26. The predicted molar refractivity (Wildman–Crippen MR) is 65.6 cm³/mol. The number of aromatic nitrogens is 1. The number of aromatic amines is 1. The molecule has 1 N–H and O–H groups in total. The van der Waals surface area contributed by atoms with Crippen LogP contribution in [0.2, 0.25) is 0 Å². The first-order valence-electron chi connectivity index (χ1n) is 5.16. The van der Waals surface area contributed by atoms with Gasteiger partial charge in [0.15, 0.2) is 0 Å². The highest BCUT2D eigenvalue weighted by Crippen LogP contribution is 2.37. The van der Waals surface area contributed by atoms with Crippen molar-refractivity contribution in [2.45, 2.75) is 0 Å². The Kier molecular flexibility index (Phi) is 3.14. The first kappa shape index (κ1) is 11.3. The average Bonchev–Trinajstić information content (AvgIpc) is 2.38. The number of nitrogens with one attached hydrogen (secondary N) is 1. The van der Waals surface area contributed by atoms with Crippen molar-refractivity contribution in [3.05, 3.63) is 46.9 Å². The maximum absolute atomic E-state index is 11.0. The van der Waals surface area contributed by atoms with Crippen LogP contribution in [0, 0.1) is 0 Å². The second-order valence-corrected chi connectivity index (χ2v) is 3.48. The highest BCUT2D eigenvalue weighted by atomic mass is 16.5. The van der Waals surface area contributed by atoms with Crippen molar-refractivity contribution in [1.82, 2.24) is 4.98 Å². The van der Waals surface area contributed by atoms with E-state index in [9.17, 15) is 4.79 Å². The van der Waals surface area contributed by atoms with E-state index in [1.807, 2.05) is 18.2 Å². The molecule has 88 valence electrons. The summed E-state index contributed by atoms with van der Waals surface area (Å²) in [6.07, 6.45) is 1.64. The molecule has 0 spiro atoms. The molecule has 2 aromatic rings. The average molecular weight is 231 g/mol. The Balaban J connectivity index is 2.63. The molecule has 0 saturated heterocycles. The van der Waals surface area contributed by atoms with E-state index >= 15 is 0 Å². The lowest BCUT2D eigenvalue weighted by Crippen LogP contribution is -2.02. The van der Waals surface area contributed by atoms with Crippen molar-refractivity contribution in [1.29, 1.82) is 0 Å². The molecule has 0 unspecified atom stereocenters. The molecular weight excluding hydrogens is 218 g/mol. The van der Waals surface area contributed by atoms with Crippen molar-refractivity contribution >= 4 is 0 Å². The fourth-order valence-corrected chi connectivity index (χ4v) is 1.70. The molecule has 0 saturated carbocycles. The minimum Gasteiger partial charge on any atom is -0.496 e. The number of ether oxygens (including phenoxy) is 2. The van der Waals surface area contributed by atoms with Gasteiger partial charge in [-0.2, -0.15) is 0 Å². The van der Waals surface area contributed by atoms with Gasteiger partial charge in [-0.3, -0.25) is 4.79 Å². The molecule has 4 nitrogen and oxygen atoms in total. The number of methoxy groups -OCH3 is 2. The van der Waals surface area contributed by atoms with Crippen molar-refractivity contribution < 1.29 is 9.47 Å². The monoisotopic (exact) mass is 231 g/mol. The molecule has 1 heterocycles. The number of rotatable bonds is 3. The Morgan fingerprint density at radius 3 is 2.12 bits per heavy atom. The summed E-state index contributed by atoms with van der Waals surface area (Å²) in [7, 11) is 3.20. The van der Waals surface area contributed by atoms with Crippen molar-refractivity contribution in [3.8, 4) is 22.6 Å². The van der Waals surface area contributed by atoms with Crippen molar-refractivity contribution in [2.75, 3.05) is 14.2 Å². The van der Waals surface area contributed by atoms with E-state index in [0.29, 0.717) is 11.5 Å². The molecule has 4 heteroatoms. The fraction of sp³-hybridized carbons (Fsp3) is 0.154. The second-order valence-electron chi connectivity index (χ2n) is 3.48. The fourth-order valence-electron chi connectivity index (χ4n) is 1.70. The van der Waals surface area contributed by atoms with E-state index in [0.717, 1.165) is 11.1 Å². The summed E-state index contributed by atoms with van der Waals surface area (Å²) in [5.74, 6) is 1.41. The largest absolute Gasteiger partial charge is 0.496 e. The molecular formula is C13H13NO3. The molecule has 0 bridgehead atoms. The maximum Gasteiger partial charge on any atom is 0.247 e. The minimum absolute atomic E-state index is 0.136. The molecule has 0 fully saturated rings. The normalized spacial score (nSPS) is 10.0. The summed E-state index contributed by atoms with van der Waals surface area (Å²) >= 11 is 0. The summed E-state index contributed by atoms with van der Waals surface area (Å²) < 4.78 is 10.6. The smallest absolute Gasteiger partial charge is 0.247 e. The molecule has 0 radical (unpaired) electrons. The van der Waals surface area contributed by atoms with Gasteiger partial charge in [0, 0.05) is 17.8 Å². The zero-order valence-electron chi connectivity index (χ0n) is 9.69. The van der Waals surface area contributed by atoms with Crippen LogP contribution in [-0.2, 0) is 0 Å². The second kappa shape index (κ2) is 4.74. The van der Waals surface area contributed by atoms with E-state index in [1.165, 1.54) is 6.07 Å². The number of hydrogen-bond acceptors (Lipinski definition) is 3. The van der Waals surface area contributed by atoms with E-state index in [1.54, 1.807) is 26.5 Å². The van der Waals surface area contributed by atoms with Crippen LogP contribution < -0.4 is 15.0 Å². The molecule has 1 aromatic carbocycles. The van der Waals surface area contributed by atoms with Gasteiger partial charge in [0.1, 0.15) is 11.5 Å². The topological polar surface area (TPSA) is 51.3 Å². The van der Waals surface area contributed by atoms with Gasteiger partial charge in [0.05, 0.1) is 19.8 Å². The zero-order chi connectivity index (χ0) is 12.3. The molecule has 0 atom stereocenters. The SMILES string of the molecule is COc1cccc(OC)c1-c1ccc(=O)[nH]c1. The zero-order valence-corrected chi connectivity index (χ0v) is 9.69. The third kappa shape index (κ3) is 2.15. The molecule has 2 rings (SSSR count). The van der Waals surface area contributed by atoms with Crippen LogP contribution in [0.3, 0.4) is 0 Å². The Morgan fingerprint density at radius 2 is 1.65 bits per heavy atom. The summed E-state index contributed by atoms with van der Waals surface area (Å²) in [6.45, 7) is 0. The highest BCUT2D eigenvalue weighted by molar-refractivity contribution is 5.76. The summed E-state index contributed by atoms with van der Waals surface area (Å²) in [4.78, 5) is 13.7. The van der Waals surface area contributed by atoms with Gasteiger partial charge in [-0.25, -0.2) is 0 Å². The van der Waals surface area contributed by atoms with Crippen LogP contribution in [0.1, 0.15) is 0 Å². The van der Waals surface area contributed by atoms with Gasteiger partial charge in [0.25, 0.3) is 0 Å². The van der Waals surface area contributed by atoms with Gasteiger partial charge in [0.2, 0.25) is 5.56 Å². The third-order valence-corrected chi connectivity index (χ3v) is 2.50. The van der Waals surface area contributed by atoms with Crippen molar-refractivity contribution in [2.24, 2.45) is 0 Å². The third-order valence-electron chi connectivity index (χ3n) is 2.50. The lowest BCUT2D eigenvalue weighted by molar-refractivity contribution is 0.397. The summed E-state index contributed by atoms with van der Waals surface area (Å²) in [6, 6.07) is 8.76.